The molecule has 3 aromatic rings. The van der Waals surface area contributed by atoms with Gasteiger partial charge in [-0.25, -0.2) is 4.39 Å². The molecule has 0 spiro atoms. The fourth-order valence-electron chi connectivity index (χ4n) is 3.92. The van der Waals surface area contributed by atoms with Crippen LogP contribution in [0.4, 0.5) is 4.39 Å². The molecule has 0 bridgehead atoms. The predicted molar refractivity (Wildman–Crippen MR) is 146 cm³/mol. The van der Waals surface area contributed by atoms with Gasteiger partial charge in [0.1, 0.15) is 11.9 Å². The van der Waals surface area contributed by atoms with Crippen LogP contribution < -0.4 is 5.32 Å². The highest BCUT2D eigenvalue weighted by Crippen LogP contribution is 2.19. The monoisotopic (exact) mass is 506 g/mol. The Morgan fingerprint density at radius 3 is 2.31 bits per heavy atom. The summed E-state index contributed by atoms with van der Waals surface area (Å²) < 4.78 is 13.5. The third kappa shape index (κ3) is 8.52. The smallest absolute Gasteiger partial charge is 0.243 e. The van der Waals surface area contributed by atoms with Crippen molar-refractivity contribution in [2.45, 2.75) is 58.0 Å². The lowest BCUT2D eigenvalue weighted by molar-refractivity contribution is -0.139. The van der Waals surface area contributed by atoms with Gasteiger partial charge in [0, 0.05) is 24.8 Å². The van der Waals surface area contributed by atoms with Crippen molar-refractivity contribution in [2.24, 2.45) is 0 Å². The average molecular weight is 507 g/mol. The van der Waals surface area contributed by atoms with Crippen LogP contribution >= 0.6 is 11.8 Å². The zero-order valence-electron chi connectivity index (χ0n) is 21.2. The molecule has 36 heavy (non-hydrogen) atoms. The van der Waals surface area contributed by atoms with Crippen LogP contribution in [0.1, 0.15) is 42.5 Å². The summed E-state index contributed by atoms with van der Waals surface area (Å²) in [5, 5.41) is 3.07. The van der Waals surface area contributed by atoms with Gasteiger partial charge in [-0.3, -0.25) is 9.59 Å². The highest BCUT2D eigenvalue weighted by molar-refractivity contribution is 7.99. The van der Waals surface area contributed by atoms with Crippen molar-refractivity contribution in [3.8, 4) is 0 Å². The summed E-state index contributed by atoms with van der Waals surface area (Å²) in [6.07, 6.45) is 1.20. The van der Waals surface area contributed by atoms with E-state index in [-0.39, 0.29) is 36.0 Å². The van der Waals surface area contributed by atoms with Gasteiger partial charge in [0.2, 0.25) is 11.8 Å². The molecule has 190 valence electrons. The standard InChI is InChI=1S/C30H35FN2O2S/c1-4-23(3)32-30(35)28(18-24-10-6-5-7-11-24)33(19-25-13-15-27(31)16-14-25)29(34)21-36-20-26-12-8-9-22(2)17-26/h5-17,23,28H,4,18-21H2,1-3H3,(H,32,35). The third-order valence-corrected chi connectivity index (χ3v) is 7.10. The Balaban J connectivity index is 1.85. The summed E-state index contributed by atoms with van der Waals surface area (Å²) in [6.45, 7) is 6.26. The van der Waals surface area contributed by atoms with Gasteiger partial charge in [-0.1, -0.05) is 79.2 Å². The normalized spacial score (nSPS) is 12.6. The van der Waals surface area contributed by atoms with E-state index in [9.17, 15) is 14.0 Å². The van der Waals surface area contributed by atoms with Crippen molar-refractivity contribution in [2.75, 3.05) is 5.75 Å². The van der Waals surface area contributed by atoms with Crippen molar-refractivity contribution in [1.29, 1.82) is 0 Å². The van der Waals surface area contributed by atoms with Gasteiger partial charge in [-0.05, 0) is 49.1 Å². The van der Waals surface area contributed by atoms with Gasteiger partial charge in [-0.2, -0.15) is 0 Å². The Bertz CT molecular complexity index is 1120. The lowest BCUT2D eigenvalue weighted by atomic mass is 10.0. The summed E-state index contributed by atoms with van der Waals surface area (Å²) in [7, 11) is 0. The van der Waals surface area contributed by atoms with Gasteiger partial charge < -0.3 is 10.2 Å². The van der Waals surface area contributed by atoms with E-state index < -0.39 is 6.04 Å². The van der Waals surface area contributed by atoms with Crippen LogP contribution in [0.15, 0.2) is 78.9 Å². The Hall–Kier alpha value is -3.12. The average Bonchev–Trinajstić information content (AvgIpc) is 2.87. The maximum absolute atomic E-state index is 13.6. The molecule has 0 aromatic heterocycles. The van der Waals surface area contributed by atoms with Crippen molar-refractivity contribution in [3.63, 3.8) is 0 Å². The minimum absolute atomic E-state index is 0.00533. The SMILES string of the molecule is CCC(C)NC(=O)C(Cc1ccccc1)N(Cc1ccc(F)cc1)C(=O)CSCc1cccc(C)c1. The number of amides is 2. The first-order valence-electron chi connectivity index (χ1n) is 12.4. The van der Waals surface area contributed by atoms with Crippen LogP contribution in [-0.2, 0) is 28.3 Å². The molecule has 2 atom stereocenters. The van der Waals surface area contributed by atoms with Crippen LogP contribution in [-0.4, -0.2) is 34.6 Å². The molecule has 2 unspecified atom stereocenters. The Morgan fingerprint density at radius 1 is 0.944 bits per heavy atom. The first-order chi connectivity index (χ1) is 17.4. The Morgan fingerprint density at radius 2 is 1.64 bits per heavy atom. The van der Waals surface area contributed by atoms with Gasteiger partial charge >= 0.3 is 0 Å². The first kappa shape index (κ1) is 27.5. The number of hydrogen-bond donors (Lipinski definition) is 1. The van der Waals surface area contributed by atoms with Crippen molar-refractivity contribution in [1.82, 2.24) is 10.2 Å². The number of rotatable bonds is 12. The van der Waals surface area contributed by atoms with Crippen molar-refractivity contribution >= 4 is 23.6 Å². The van der Waals surface area contributed by atoms with Crippen LogP contribution in [0.3, 0.4) is 0 Å². The maximum atomic E-state index is 13.6. The molecule has 0 aliphatic heterocycles. The molecule has 0 radical (unpaired) electrons. The van der Waals surface area contributed by atoms with Gasteiger partial charge in [0.05, 0.1) is 5.75 Å². The zero-order valence-corrected chi connectivity index (χ0v) is 22.1. The first-order valence-corrected chi connectivity index (χ1v) is 13.5. The van der Waals surface area contributed by atoms with Crippen LogP contribution in [0.2, 0.25) is 0 Å². The van der Waals surface area contributed by atoms with E-state index in [2.05, 4.69) is 17.4 Å². The number of halogens is 1. The molecule has 4 nitrogen and oxygen atoms in total. The lowest BCUT2D eigenvalue weighted by Crippen LogP contribution is -2.52. The number of nitrogens with zero attached hydrogens (tertiary/aromatic N) is 1. The quantitative estimate of drug-likeness (QED) is 0.332. The summed E-state index contributed by atoms with van der Waals surface area (Å²) in [5.74, 6) is 0.335. The second kappa shape index (κ2) is 13.8. The molecule has 2 amide bonds. The van der Waals surface area contributed by atoms with E-state index in [1.165, 1.54) is 29.5 Å². The molecular formula is C30H35FN2O2S. The topological polar surface area (TPSA) is 49.4 Å². The van der Waals surface area contributed by atoms with E-state index in [1.54, 1.807) is 17.0 Å². The minimum Gasteiger partial charge on any atom is -0.352 e. The number of carbonyl (C=O) groups excluding carboxylic acids is 2. The molecule has 6 heteroatoms. The molecule has 1 N–H and O–H groups in total. The second-order valence-corrected chi connectivity index (χ2v) is 10.1. The third-order valence-electron chi connectivity index (χ3n) is 6.12. The number of benzene rings is 3. The molecule has 0 aliphatic rings. The molecule has 3 rings (SSSR count). The highest BCUT2D eigenvalue weighted by atomic mass is 32.2. The van der Waals surface area contributed by atoms with Gasteiger partial charge in [0.15, 0.2) is 0 Å². The summed E-state index contributed by atoms with van der Waals surface area (Å²) in [6, 6.07) is 23.4. The van der Waals surface area contributed by atoms with Crippen molar-refractivity contribution < 1.29 is 14.0 Å². The summed E-state index contributed by atoms with van der Waals surface area (Å²) in [4.78, 5) is 28.7. The highest BCUT2D eigenvalue weighted by Gasteiger charge is 2.30. The predicted octanol–water partition coefficient (Wildman–Crippen LogP) is 5.92. The van der Waals surface area contributed by atoms with E-state index >= 15 is 0 Å². The maximum Gasteiger partial charge on any atom is 0.243 e. The number of carbonyl (C=O) groups is 2. The van der Waals surface area contributed by atoms with Gasteiger partial charge in [0.25, 0.3) is 0 Å². The zero-order chi connectivity index (χ0) is 25.9. The Labute approximate surface area is 218 Å². The molecule has 0 saturated carbocycles. The minimum atomic E-state index is -0.682. The molecular weight excluding hydrogens is 471 g/mol. The molecule has 3 aromatic carbocycles. The van der Waals surface area contributed by atoms with Crippen molar-refractivity contribution in [3.05, 3.63) is 107 Å². The van der Waals surface area contributed by atoms with Crippen LogP contribution in [0.25, 0.3) is 0 Å². The number of hydrogen-bond acceptors (Lipinski definition) is 3. The molecule has 0 aliphatic carbocycles. The fourth-order valence-corrected chi connectivity index (χ4v) is 4.78. The molecule has 0 fully saturated rings. The number of thioether (sulfide) groups is 1. The number of aryl methyl sites for hydroxylation is 1. The lowest BCUT2D eigenvalue weighted by Gasteiger charge is -2.32. The van der Waals surface area contributed by atoms with E-state index in [4.69, 9.17) is 0 Å². The van der Waals surface area contributed by atoms with E-state index in [1.807, 2.05) is 63.2 Å². The fraction of sp³-hybridized carbons (Fsp3) is 0.333. The van der Waals surface area contributed by atoms with E-state index in [0.29, 0.717) is 12.2 Å². The number of nitrogens with one attached hydrogen (secondary N) is 1. The van der Waals surface area contributed by atoms with Crippen LogP contribution in [0.5, 0.6) is 0 Å². The Kier molecular flexibility index (Phi) is 10.6. The molecule has 0 heterocycles. The van der Waals surface area contributed by atoms with E-state index in [0.717, 1.165) is 23.1 Å². The van der Waals surface area contributed by atoms with Crippen LogP contribution in [0, 0.1) is 12.7 Å². The molecule has 0 saturated heterocycles. The largest absolute Gasteiger partial charge is 0.352 e. The second-order valence-electron chi connectivity index (χ2n) is 9.15. The van der Waals surface area contributed by atoms with Gasteiger partial charge in [-0.15, -0.1) is 11.8 Å². The summed E-state index contributed by atoms with van der Waals surface area (Å²) >= 11 is 1.54. The summed E-state index contributed by atoms with van der Waals surface area (Å²) in [5.41, 5.74) is 4.10.